The second-order valence-corrected chi connectivity index (χ2v) is 8.05. The number of imidazole rings is 1. The van der Waals surface area contributed by atoms with Gasteiger partial charge in [-0.3, -0.25) is 0 Å². The quantitative estimate of drug-likeness (QED) is 0.369. The van der Waals surface area contributed by atoms with Gasteiger partial charge in [0.1, 0.15) is 0 Å². The summed E-state index contributed by atoms with van der Waals surface area (Å²) in [5, 5.41) is 14.1. The summed E-state index contributed by atoms with van der Waals surface area (Å²) in [5.41, 5.74) is 6.12. The van der Waals surface area contributed by atoms with Crippen LogP contribution in [0.3, 0.4) is 0 Å². The third-order valence-electron chi connectivity index (χ3n) is 5.72. The van der Waals surface area contributed by atoms with Crippen molar-refractivity contribution in [1.29, 1.82) is 0 Å². The van der Waals surface area contributed by atoms with Crippen LogP contribution in [-0.2, 0) is 0 Å². The van der Waals surface area contributed by atoms with E-state index in [1.165, 1.54) is 0 Å². The minimum atomic E-state index is -0.0487. The number of aromatic nitrogens is 6. The van der Waals surface area contributed by atoms with Crippen molar-refractivity contribution >= 4 is 28.2 Å². The van der Waals surface area contributed by atoms with Crippen LogP contribution in [0.1, 0.15) is 17.2 Å². The van der Waals surface area contributed by atoms with Gasteiger partial charge in [-0.2, -0.15) is 4.52 Å². The summed E-state index contributed by atoms with van der Waals surface area (Å²) in [6.45, 7) is 0. The van der Waals surface area contributed by atoms with E-state index in [9.17, 15) is 0 Å². The van der Waals surface area contributed by atoms with E-state index < -0.39 is 0 Å². The molecule has 6 aromatic rings. The van der Waals surface area contributed by atoms with Gasteiger partial charge in [0.25, 0.3) is 0 Å². The Labute approximate surface area is 188 Å². The fourth-order valence-electron chi connectivity index (χ4n) is 4.25. The third-order valence-corrected chi connectivity index (χ3v) is 5.97. The molecule has 0 saturated carbocycles. The Morgan fingerprint density at radius 3 is 2.44 bits per heavy atom. The van der Waals surface area contributed by atoms with Gasteiger partial charge >= 0.3 is 0 Å². The van der Waals surface area contributed by atoms with Crippen LogP contribution in [0.15, 0.2) is 97.6 Å². The van der Waals surface area contributed by atoms with Gasteiger partial charge in [-0.1, -0.05) is 60.1 Å². The maximum absolute atomic E-state index is 6.16. The first kappa shape index (κ1) is 18.7. The number of rotatable bonds is 4. The van der Waals surface area contributed by atoms with Crippen LogP contribution in [0, 0.1) is 0 Å². The summed E-state index contributed by atoms with van der Waals surface area (Å²) in [6.07, 6.45) is 5.61. The van der Waals surface area contributed by atoms with Crippen LogP contribution >= 0.6 is 11.6 Å². The topological polar surface area (TPSA) is 60.9 Å². The van der Waals surface area contributed by atoms with Crippen LogP contribution in [0.25, 0.3) is 27.7 Å². The zero-order chi connectivity index (χ0) is 21.5. The molecule has 0 aliphatic carbocycles. The van der Waals surface area contributed by atoms with E-state index in [-0.39, 0.29) is 6.04 Å². The molecule has 1 atom stereocenters. The molecule has 6 rings (SSSR count). The third kappa shape index (κ3) is 3.13. The van der Waals surface area contributed by atoms with Crippen molar-refractivity contribution in [3.8, 4) is 11.1 Å². The summed E-state index contributed by atoms with van der Waals surface area (Å²) in [7, 11) is 0. The van der Waals surface area contributed by atoms with E-state index in [0.29, 0.717) is 10.7 Å². The summed E-state index contributed by atoms with van der Waals surface area (Å²) >= 11 is 6.16. The van der Waals surface area contributed by atoms with Crippen molar-refractivity contribution in [1.82, 2.24) is 29.6 Å². The van der Waals surface area contributed by atoms with Crippen LogP contribution in [-0.4, -0.2) is 29.6 Å². The minimum absolute atomic E-state index is 0.0487. The summed E-state index contributed by atoms with van der Waals surface area (Å²) < 4.78 is 3.88. The highest BCUT2D eigenvalue weighted by molar-refractivity contribution is 6.30. The van der Waals surface area contributed by atoms with Crippen molar-refractivity contribution in [2.75, 3.05) is 0 Å². The Morgan fingerprint density at radius 2 is 1.66 bits per heavy atom. The highest BCUT2D eigenvalue weighted by Gasteiger charge is 2.19. The number of nitrogens with zero attached hydrogens (tertiary/aromatic N) is 6. The van der Waals surface area contributed by atoms with Crippen molar-refractivity contribution in [2.45, 2.75) is 6.04 Å². The van der Waals surface area contributed by atoms with Crippen LogP contribution in [0.5, 0.6) is 0 Å². The number of hydrogen-bond acceptors (Lipinski definition) is 4. The molecule has 0 N–H and O–H groups in total. The first-order valence-corrected chi connectivity index (χ1v) is 10.6. The van der Waals surface area contributed by atoms with Crippen LogP contribution in [0.2, 0.25) is 5.02 Å². The van der Waals surface area contributed by atoms with Crippen molar-refractivity contribution in [3.63, 3.8) is 0 Å². The predicted octanol–water partition coefficient (Wildman–Crippen LogP) is 5.43. The van der Waals surface area contributed by atoms with Crippen LogP contribution < -0.4 is 0 Å². The van der Waals surface area contributed by atoms with E-state index in [4.69, 9.17) is 11.6 Å². The van der Waals surface area contributed by atoms with Crippen LogP contribution in [0.4, 0.5) is 0 Å². The molecule has 7 heteroatoms. The normalized spacial score (nSPS) is 12.4. The lowest BCUT2D eigenvalue weighted by atomic mass is 9.94. The lowest BCUT2D eigenvalue weighted by molar-refractivity contribution is 0.677. The molecule has 3 aromatic heterocycles. The average Bonchev–Trinajstić information content (AvgIpc) is 3.53. The predicted molar refractivity (Wildman–Crippen MR) is 125 cm³/mol. The molecule has 1 unspecified atom stereocenters. The Bertz CT molecular complexity index is 1520. The minimum Gasteiger partial charge on any atom is -0.326 e. The molecule has 3 aromatic carbocycles. The number of hydrogen-bond donors (Lipinski definition) is 0. The van der Waals surface area contributed by atoms with Gasteiger partial charge < -0.3 is 4.57 Å². The summed E-state index contributed by atoms with van der Waals surface area (Å²) in [6, 6.07) is 26.7. The van der Waals surface area contributed by atoms with E-state index in [1.807, 2.05) is 48.9 Å². The molecule has 0 aliphatic heterocycles. The molecule has 0 spiro atoms. The number of tetrazole rings is 1. The zero-order valence-corrected chi connectivity index (χ0v) is 17.6. The molecule has 3 heterocycles. The summed E-state index contributed by atoms with van der Waals surface area (Å²) in [4.78, 5) is 4.28. The highest BCUT2D eigenvalue weighted by Crippen LogP contribution is 2.34. The van der Waals surface area contributed by atoms with E-state index in [1.54, 1.807) is 10.7 Å². The molecule has 0 fully saturated rings. The average molecular weight is 437 g/mol. The number of pyridine rings is 1. The first-order valence-electron chi connectivity index (χ1n) is 10.2. The van der Waals surface area contributed by atoms with Gasteiger partial charge in [-0.05, 0) is 63.0 Å². The number of fused-ring (bicyclic) bond motifs is 3. The number of halogens is 1. The highest BCUT2D eigenvalue weighted by atomic mass is 35.5. The molecule has 0 aliphatic rings. The standard InChI is InChI=1S/C25H17ClN6/c26-20-9-6-18(7-10-20)25(31-13-12-27-16-31)19-8-11-23-22(14-19)21(17-4-2-1-3-5-17)15-24-28-29-30-32(23)24/h1-16,25H. The zero-order valence-electron chi connectivity index (χ0n) is 16.9. The van der Waals surface area contributed by atoms with Crippen molar-refractivity contribution < 1.29 is 0 Å². The van der Waals surface area contributed by atoms with Gasteiger partial charge in [0.15, 0.2) is 5.65 Å². The maximum Gasteiger partial charge on any atom is 0.180 e. The molecule has 154 valence electrons. The number of benzene rings is 3. The van der Waals surface area contributed by atoms with Crippen molar-refractivity contribution in [3.05, 3.63) is 114 Å². The smallest absolute Gasteiger partial charge is 0.180 e. The largest absolute Gasteiger partial charge is 0.326 e. The van der Waals surface area contributed by atoms with Gasteiger partial charge in [-0.15, -0.1) is 5.10 Å². The Balaban J connectivity index is 1.62. The Hall–Kier alpha value is -4.03. The Morgan fingerprint density at radius 1 is 0.844 bits per heavy atom. The lowest BCUT2D eigenvalue weighted by Crippen LogP contribution is -2.11. The van der Waals surface area contributed by atoms with E-state index >= 15 is 0 Å². The van der Waals surface area contributed by atoms with E-state index in [0.717, 1.165) is 33.2 Å². The van der Waals surface area contributed by atoms with Gasteiger partial charge in [-0.25, -0.2) is 4.98 Å². The lowest BCUT2D eigenvalue weighted by Gasteiger charge is -2.21. The molecule has 0 amide bonds. The van der Waals surface area contributed by atoms with E-state index in [2.05, 4.69) is 67.5 Å². The Kier molecular flexibility index (Phi) is 4.44. The first-order chi connectivity index (χ1) is 15.8. The summed E-state index contributed by atoms with van der Waals surface area (Å²) in [5.74, 6) is 0. The monoisotopic (exact) mass is 436 g/mol. The molecular formula is C25H17ClN6. The van der Waals surface area contributed by atoms with Gasteiger partial charge in [0, 0.05) is 22.8 Å². The maximum atomic E-state index is 6.16. The molecule has 32 heavy (non-hydrogen) atoms. The second-order valence-electron chi connectivity index (χ2n) is 7.61. The molecule has 6 nitrogen and oxygen atoms in total. The second kappa shape index (κ2) is 7.59. The molecule has 0 bridgehead atoms. The SMILES string of the molecule is Clc1ccc(C(c2ccc3c(c2)c(-c2ccccc2)cc2nnnn23)n2ccnc2)cc1. The molecule has 0 saturated heterocycles. The fourth-order valence-corrected chi connectivity index (χ4v) is 4.37. The van der Waals surface area contributed by atoms with Gasteiger partial charge in [0.2, 0.25) is 0 Å². The van der Waals surface area contributed by atoms with Crippen molar-refractivity contribution in [2.24, 2.45) is 0 Å². The van der Waals surface area contributed by atoms with Gasteiger partial charge in [0.05, 0.1) is 17.9 Å². The fraction of sp³-hybridized carbons (Fsp3) is 0.0400. The molecular weight excluding hydrogens is 420 g/mol. The molecule has 0 radical (unpaired) electrons.